The molecule has 2 atom stereocenters. The van der Waals surface area contributed by atoms with Gasteiger partial charge in [-0.05, 0) is 29.8 Å². The summed E-state index contributed by atoms with van der Waals surface area (Å²) >= 11 is 1.49. The van der Waals surface area contributed by atoms with Gasteiger partial charge in [-0.3, -0.25) is 0 Å². The Balaban J connectivity index is 1.84. The molecule has 0 aliphatic carbocycles. The highest BCUT2D eigenvalue weighted by atomic mass is 32.2. The van der Waals surface area contributed by atoms with Crippen LogP contribution in [0.4, 0.5) is 11.4 Å². The number of amidine groups is 1. The number of carboxylic acids is 1. The topological polar surface area (TPSA) is 52.9 Å². The summed E-state index contributed by atoms with van der Waals surface area (Å²) in [6, 6.07) is 28.2. The molecule has 4 rings (SSSR count). The van der Waals surface area contributed by atoms with E-state index in [0.717, 1.165) is 16.9 Å². The van der Waals surface area contributed by atoms with E-state index >= 15 is 0 Å². The van der Waals surface area contributed by atoms with Gasteiger partial charge in [0, 0.05) is 5.69 Å². The molecule has 134 valence electrons. The van der Waals surface area contributed by atoms with Crippen molar-refractivity contribution in [2.75, 3.05) is 4.90 Å². The van der Waals surface area contributed by atoms with E-state index in [4.69, 9.17) is 4.99 Å². The molecule has 0 radical (unpaired) electrons. The maximum Gasteiger partial charge on any atom is 0.328 e. The van der Waals surface area contributed by atoms with Crippen molar-refractivity contribution in [1.82, 2.24) is 0 Å². The Labute approximate surface area is 162 Å². The number of thioether (sulfide) groups is 1. The van der Waals surface area contributed by atoms with E-state index in [9.17, 15) is 9.90 Å². The maximum absolute atomic E-state index is 12.3. The van der Waals surface area contributed by atoms with Crippen LogP contribution in [0.1, 0.15) is 10.8 Å². The maximum atomic E-state index is 12.3. The Morgan fingerprint density at radius 1 is 0.852 bits per heavy atom. The molecule has 0 amide bonds. The van der Waals surface area contributed by atoms with Gasteiger partial charge in [0.05, 0.1) is 10.9 Å². The Morgan fingerprint density at radius 2 is 1.41 bits per heavy atom. The molecule has 1 aliphatic heterocycles. The van der Waals surface area contributed by atoms with E-state index in [-0.39, 0.29) is 5.25 Å². The second-order valence-corrected chi connectivity index (χ2v) is 7.28. The molecule has 3 aromatic carbocycles. The molecule has 0 spiro atoms. The third kappa shape index (κ3) is 3.59. The van der Waals surface area contributed by atoms with Crippen LogP contribution in [0, 0.1) is 0 Å². The normalized spacial score (nSPS) is 20.7. The second-order valence-electron chi connectivity index (χ2n) is 6.17. The van der Waals surface area contributed by atoms with Gasteiger partial charge in [0.1, 0.15) is 6.04 Å². The molecule has 0 aromatic heterocycles. The summed E-state index contributed by atoms with van der Waals surface area (Å²) in [5, 5.41) is 10.5. The van der Waals surface area contributed by atoms with Crippen LogP contribution in [0.3, 0.4) is 0 Å². The summed E-state index contributed by atoms with van der Waals surface area (Å²) in [5.41, 5.74) is 2.61. The molecule has 2 unspecified atom stereocenters. The lowest BCUT2D eigenvalue weighted by Crippen LogP contribution is -2.41. The van der Waals surface area contributed by atoms with Gasteiger partial charge in [-0.2, -0.15) is 0 Å². The first-order valence-electron chi connectivity index (χ1n) is 8.66. The quantitative estimate of drug-likeness (QED) is 0.688. The van der Waals surface area contributed by atoms with E-state index in [1.54, 1.807) is 0 Å². The smallest absolute Gasteiger partial charge is 0.328 e. The van der Waals surface area contributed by atoms with Crippen molar-refractivity contribution in [3.05, 3.63) is 96.6 Å². The number of benzene rings is 3. The number of para-hydroxylation sites is 2. The number of carboxylic acid groups (broad SMARTS) is 1. The Hall–Kier alpha value is -3.05. The van der Waals surface area contributed by atoms with E-state index in [1.165, 1.54) is 11.8 Å². The van der Waals surface area contributed by atoms with Crippen LogP contribution in [0.2, 0.25) is 0 Å². The van der Waals surface area contributed by atoms with Crippen LogP contribution in [0.25, 0.3) is 0 Å². The van der Waals surface area contributed by atoms with Gasteiger partial charge in [-0.15, -0.1) is 0 Å². The van der Waals surface area contributed by atoms with Crippen molar-refractivity contribution >= 4 is 34.3 Å². The summed E-state index contributed by atoms with van der Waals surface area (Å²) in [6.45, 7) is 0. The first-order chi connectivity index (χ1) is 13.2. The van der Waals surface area contributed by atoms with E-state index in [0.29, 0.717) is 5.17 Å². The number of rotatable bonds is 4. The second kappa shape index (κ2) is 7.68. The lowest BCUT2D eigenvalue weighted by molar-refractivity contribution is -0.138. The summed E-state index contributed by atoms with van der Waals surface area (Å²) in [6.07, 6.45) is 0. The van der Waals surface area contributed by atoms with Gasteiger partial charge in [0.2, 0.25) is 0 Å². The summed E-state index contributed by atoms with van der Waals surface area (Å²) in [5.74, 6) is -0.863. The Kier molecular flexibility index (Phi) is 4.94. The highest BCUT2D eigenvalue weighted by Gasteiger charge is 2.45. The Bertz CT molecular complexity index is 946. The zero-order chi connectivity index (χ0) is 18.6. The number of carbonyl (C=O) groups is 1. The summed E-state index contributed by atoms with van der Waals surface area (Å²) in [7, 11) is 0. The number of hydrogen-bond donors (Lipinski definition) is 1. The van der Waals surface area contributed by atoms with Crippen LogP contribution in [-0.4, -0.2) is 22.3 Å². The lowest BCUT2D eigenvalue weighted by atomic mass is 10.0. The predicted molar refractivity (Wildman–Crippen MR) is 111 cm³/mol. The molecule has 0 saturated carbocycles. The third-order valence-electron chi connectivity index (χ3n) is 4.40. The van der Waals surface area contributed by atoms with Crippen molar-refractivity contribution in [2.24, 2.45) is 4.99 Å². The van der Waals surface area contributed by atoms with Crippen molar-refractivity contribution < 1.29 is 9.90 Å². The van der Waals surface area contributed by atoms with Crippen LogP contribution in [0.15, 0.2) is 96.0 Å². The largest absolute Gasteiger partial charge is 0.480 e. The zero-order valence-electron chi connectivity index (χ0n) is 14.5. The number of nitrogens with zero attached hydrogens (tertiary/aromatic N) is 2. The van der Waals surface area contributed by atoms with Gasteiger partial charge in [-0.25, -0.2) is 9.79 Å². The van der Waals surface area contributed by atoms with Crippen molar-refractivity contribution in [2.45, 2.75) is 11.3 Å². The molecule has 3 aromatic rings. The van der Waals surface area contributed by atoms with Crippen LogP contribution >= 0.6 is 11.8 Å². The molecular formula is C22H18N2O2S. The van der Waals surface area contributed by atoms with Gasteiger partial charge in [0.25, 0.3) is 0 Å². The minimum atomic E-state index is -0.863. The fourth-order valence-electron chi connectivity index (χ4n) is 3.17. The van der Waals surface area contributed by atoms with Gasteiger partial charge < -0.3 is 10.0 Å². The van der Waals surface area contributed by atoms with Gasteiger partial charge in [0.15, 0.2) is 5.17 Å². The van der Waals surface area contributed by atoms with Gasteiger partial charge >= 0.3 is 5.97 Å². The van der Waals surface area contributed by atoms with Crippen molar-refractivity contribution in [3.8, 4) is 0 Å². The first-order valence-corrected chi connectivity index (χ1v) is 9.54. The molecule has 4 nitrogen and oxygen atoms in total. The summed E-state index contributed by atoms with van der Waals surface area (Å²) in [4.78, 5) is 18.9. The number of aliphatic carboxylic acids is 1. The van der Waals surface area contributed by atoms with E-state index in [2.05, 4.69) is 0 Å². The first kappa shape index (κ1) is 17.4. The monoisotopic (exact) mass is 374 g/mol. The number of anilines is 1. The molecule has 1 aliphatic rings. The minimum Gasteiger partial charge on any atom is -0.480 e. The van der Waals surface area contributed by atoms with Crippen molar-refractivity contribution in [3.63, 3.8) is 0 Å². The average molecular weight is 374 g/mol. The number of hydrogen-bond acceptors (Lipinski definition) is 3. The number of aliphatic imine (C=N–C) groups is 1. The van der Waals surface area contributed by atoms with Crippen LogP contribution < -0.4 is 4.90 Å². The Morgan fingerprint density at radius 3 is 2.00 bits per heavy atom. The average Bonchev–Trinajstić information content (AvgIpc) is 3.09. The highest BCUT2D eigenvalue weighted by Crippen LogP contribution is 2.46. The fraction of sp³-hybridized carbons (Fsp3) is 0.0909. The summed E-state index contributed by atoms with van der Waals surface area (Å²) < 4.78 is 0. The molecule has 1 N–H and O–H groups in total. The standard InChI is InChI=1S/C22H18N2O2S/c25-21(26)19-20(16-10-4-1-5-11-16)27-22(23-17-12-6-2-7-13-17)24(19)18-14-8-3-9-15-18/h1-15,19-20H,(H,25,26). The predicted octanol–water partition coefficient (Wildman–Crippen LogP) is 5.12. The molecule has 0 bridgehead atoms. The molecule has 1 heterocycles. The van der Waals surface area contributed by atoms with E-state index in [1.807, 2.05) is 95.9 Å². The molecular weight excluding hydrogens is 356 g/mol. The highest BCUT2D eigenvalue weighted by molar-refractivity contribution is 8.14. The molecule has 27 heavy (non-hydrogen) atoms. The van der Waals surface area contributed by atoms with Gasteiger partial charge in [-0.1, -0.05) is 78.5 Å². The van der Waals surface area contributed by atoms with Crippen LogP contribution in [0.5, 0.6) is 0 Å². The zero-order valence-corrected chi connectivity index (χ0v) is 15.3. The van der Waals surface area contributed by atoms with E-state index < -0.39 is 12.0 Å². The lowest BCUT2D eigenvalue weighted by Gasteiger charge is -2.25. The molecule has 1 fully saturated rings. The molecule has 5 heteroatoms. The van der Waals surface area contributed by atoms with Crippen LogP contribution in [-0.2, 0) is 4.79 Å². The minimum absolute atomic E-state index is 0.244. The van der Waals surface area contributed by atoms with Crippen molar-refractivity contribution in [1.29, 1.82) is 0 Å². The third-order valence-corrected chi connectivity index (χ3v) is 5.68. The molecule has 1 saturated heterocycles. The SMILES string of the molecule is O=C(O)C1C(c2ccccc2)SC(=Nc2ccccc2)N1c1ccccc1. The fourth-order valence-corrected chi connectivity index (χ4v) is 4.55.